The van der Waals surface area contributed by atoms with Crippen LogP contribution in [0.15, 0.2) is 53.0 Å². The lowest BCUT2D eigenvalue weighted by atomic mass is 9.88. The van der Waals surface area contributed by atoms with Crippen LogP contribution in [0, 0.1) is 6.92 Å². The third-order valence-electron chi connectivity index (χ3n) is 3.00. The normalized spacial score (nSPS) is 14.4. The van der Waals surface area contributed by atoms with Gasteiger partial charge in [0, 0.05) is 4.47 Å². The van der Waals surface area contributed by atoms with E-state index in [9.17, 15) is 5.11 Å². The van der Waals surface area contributed by atoms with E-state index in [0.29, 0.717) is 0 Å². The van der Waals surface area contributed by atoms with Crippen molar-refractivity contribution >= 4 is 15.9 Å². The van der Waals surface area contributed by atoms with Crippen molar-refractivity contribution in [3.63, 3.8) is 0 Å². The average molecular weight is 291 g/mol. The first-order valence-corrected chi connectivity index (χ1v) is 6.35. The summed E-state index contributed by atoms with van der Waals surface area (Å²) in [6, 6.07) is 15.7. The lowest BCUT2D eigenvalue weighted by Gasteiger charge is -2.25. The molecular formula is C15H15BrO. The molecule has 2 rings (SSSR count). The van der Waals surface area contributed by atoms with Gasteiger partial charge in [-0.3, -0.25) is 0 Å². The molecule has 0 radical (unpaired) electrons. The van der Waals surface area contributed by atoms with Crippen LogP contribution in [0.1, 0.15) is 23.6 Å². The Morgan fingerprint density at radius 1 is 1.00 bits per heavy atom. The van der Waals surface area contributed by atoms with Gasteiger partial charge < -0.3 is 5.11 Å². The van der Waals surface area contributed by atoms with E-state index in [4.69, 9.17) is 0 Å². The number of hydrogen-bond acceptors (Lipinski definition) is 1. The molecule has 0 bridgehead atoms. The van der Waals surface area contributed by atoms with Crippen LogP contribution in [0.5, 0.6) is 0 Å². The molecule has 17 heavy (non-hydrogen) atoms. The number of aryl methyl sites for hydroxylation is 1. The third-order valence-corrected chi connectivity index (χ3v) is 3.49. The fraction of sp³-hybridized carbons (Fsp3) is 0.200. The molecule has 2 heteroatoms. The van der Waals surface area contributed by atoms with Crippen molar-refractivity contribution in [3.05, 3.63) is 69.7 Å². The summed E-state index contributed by atoms with van der Waals surface area (Å²) in [4.78, 5) is 0. The van der Waals surface area contributed by atoms with Crippen LogP contribution < -0.4 is 0 Å². The van der Waals surface area contributed by atoms with Gasteiger partial charge in [-0.1, -0.05) is 57.9 Å². The first kappa shape index (κ1) is 12.3. The van der Waals surface area contributed by atoms with Crippen molar-refractivity contribution in [2.24, 2.45) is 0 Å². The first-order chi connectivity index (χ1) is 8.00. The van der Waals surface area contributed by atoms with E-state index in [1.54, 1.807) is 0 Å². The molecule has 1 unspecified atom stereocenters. The summed E-state index contributed by atoms with van der Waals surface area (Å²) >= 11 is 3.43. The van der Waals surface area contributed by atoms with Crippen LogP contribution in [0.2, 0.25) is 0 Å². The lowest BCUT2D eigenvalue weighted by Crippen LogP contribution is -2.22. The predicted octanol–water partition coefficient (Wildman–Crippen LogP) is 4.01. The molecule has 2 aromatic carbocycles. The molecule has 1 nitrogen and oxygen atoms in total. The highest BCUT2D eigenvalue weighted by molar-refractivity contribution is 9.10. The minimum atomic E-state index is -0.961. The summed E-state index contributed by atoms with van der Waals surface area (Å²) in [6.07, 6.45) is 0. The zero-order valence-electron chi connectivity index (χ0n) is 9.94. The molecule has 0 saturated heterocycles. The van der Waals surface area contributed by atoms with Crippen LogP contribution in [-0.4, -0.2) is 5.11 Å². The number of rotatable bonds is 2. The average Bonchev–Trinajstić information content (AvgIpc) is 2.29. The van der Waals surface area contributed by atoms with Crippen molar-refractivity contribution in [2.45, 2.75) is 19.4 Å². The molecule has 2 aromatic rings. The Morgan fingerprint density at radius 3 is 2.24 bits per heavy atom. The summed E-state index contributed by atoms with van der Waals surface area (Å²) in [5.74, 6) is 0. The highest BCUT2D eigenvalue weighted by atomic mass is 79.9. The van der Waals surface area contributed by atoms with E-state index < -0.39 is 5.60 Å². The Hall–Kier alpha value is -1.12. The largest absolute Gasteiger partial charge is 0.381 e. The Labute approximate surface area is 110 Å². The molecule has 0 aliphatic heterocycles. The van der Waals surface area contributed by atoms with Crippen LogP contribution in [0.3, 0.4) is 0 Å². The molecule has 0 heterocycles. The number of benzene rings is 2. The van der Waals surface area contributed by atoms with Crippen LogP contribution >= 0.6 is 15.9 Å². The van der Waals surface area contributed by atoms with Crippen molar-refractivity contribution in [2.75, 3.05) is 0 Å². The van der Waals surface area contributed by atoms with Gasteiger partial charge in [0.1, 0.15) is 5.60 Å². The van der Waals surface area contributed by atoms with E-state index >= 15 is 0 Å². The van der Waals surface area contributed by atoms with Crippen molar-refractivity contribution in [1.29, 1.82) is 0 Å². The number of aliphatic hydroxyl groups is 1. The highest BCUT2D eigenvalue weighted by Gasteiger charge is 2.25. The standard InChI is InChI=1S/C15H15BrO/c1-11-6-8-12(9-7-11)15(2,17)13-4-3-5-14(16)10-13/h3-10,17H,1-2H3. The van der Waals surface area contributed by atoms with Crippen molar-refractivity contribution < 1.29 is 5.11 Å². The SMILES string of the molecule is Cc1ccc(C(C)(O)c2cccc(Br)c2)cc1. The fourth-order valence-corrected chi connectivity index (χ4v) is 2.24. The quantitative estimate of drug-likeness (QED) is 0.886. The smallest absolute Gasteiger partial charge is 0.112 e. The van der Waals surface area contributed by atoms with Gasteiger partial charge in [-0.05, 0) is 37.1 Å². The zero-order valence-corrected chi connectivity index (χ0v) is 11.5. The molecule has 0 spiro atoms. The van der Waals surface area contributed by atoms with Crippen LogP contribution in [0.4, 0.5) is 0 Å². The molecule has 0 aliphatic carbocycles. The van der Waals surface area contributed by atoms with Gasteiger partial charge in [0.25, 0.3) is 0 Å². The molecule has 0 saturated carbocycles. The maximum Gasteiger partial charge on any atom is 0.112 e. The summed E-state index contributed by atoms with van der Waals surface area (Å²) in [5.41, 5.74) is 2.02. The van der Waals surface area contributed by atoms with E-state index in [0.717, 1.165) is 15.6 Å². The van der Waals surface area contributed by atoms with Crippen LogP contribution in [-0.2, 0) is 5.60 Å². The second-order valence-electron chi connectivity index (χ2n) is 4.45. The summed E-state index contributed by atoms with van der Waals surface area (Å²) < 4.78 is 0.974. The minimum absolute atomic E-state index is 0.885. The second kappa shape index (κ2) is 4.63. The topological polar surface area (TPSA) is 20.2 Å². The van der Waals surface area contributed by atoms with Gasteiger partial charge in [-0.2, -0.15) is 0 Å². The fourth-order valence-electron chi connectivity index (χ4n) is 1.84. The maximum absolute atomic E-state index is 10.7. The molecule has 0 amide bonds. The Bertz CT molecular complexity index is 515. The number of halogens is 1. The highest BCUT2D eigenvalue weighted by Crippen LogP contribution is 2.30. The molecule has 0 aromatic heterocycles. The molecule has 0 aliphatic rings. The molecular weight excluding hydrogens is 276 g/mol. The Balaban J connectivity index is 2.45. The number of hydrogen-bond donors (Lipinski definition) is 1. The van der Waals surface area contributed by atoms with E-state index in [2.05, 4.69) is 15.9 Å². The molecule has 0 fully saturated rings. The molecule has 1 atom stereocenters. The monoisotopic (exact) mass is 290 g/mol. The van der Waals surface area contributed by atoms with E-state index in [1.807, 2.05) is 62.4 Å². The van der Waals surface area contributed by atoms with Gasteiger partial charge in [0.05, 0.1) is 0 Å². The van der Waals surface area contributed by atoms with Crippen molar-refractivity contribution in [3.8, 4) is 0 Å². The van der Waals surface area contributed by atoms with E-state index in [-0.39, 0.29) is 0 Å². The van der Waals surface area contributed by atoms with Crippen molar-refractivity contribution in [1.82, 2.24) is 0 Å². The van der Waals surface area contributed by atoms with Gasteiger partial charge in [0.15, 0.2) is 0 Å². The van der Waals surface area contributed by atoms with Gasteiger partial charge in [-0.15, -0.1) is 0 Å². The second-order valence-corrected chi connectivity index (χ2v) is 5.36. The Kier molecular flexibility index (Phi) is 3.36. The summed E-state index contributed by atoms with van der Waals surface area (Å²) in [5, 5.41) is 10.7. The molecule has 1 N–H and O–H groups in total. The van der Waals surface area contributed by atoms with Gasteiger partial charge in [-0.25, -0.2) is 0 Å². The summed E-state index contributed by atoms with van der Waals surface area (Å²) in [7, 11) is 0. The van der Waals surface area contributed by atoms with Gasteiger partial charge in [0.2, 0.25) is 0 Å². The predicted molar refractivity (Wildman–Crippen MR) is 74.0 cm³/mol. The first-order valence-electron chi connectivity index (χ1n) is 5.56. The minimum Gasteiger partial charge on any atom is -0.381 e. The maximum atomic E-state index is 10.7. The third kappa shape index (κ3) is 2.59. The lowest BCUT2D eigenvalue weighted by molar-refractivity contribution is 0.102. The summed E-state index contributed by atoms with van der Waals surface area (Å²) in [6.45, 7) is 3.86. The van der Waals surface area contributed by atoms with Crippen LogP contribution in [0.25, 0.3) is 0 Å². The zero-order chi connectivity index (χ0) is 12.5. The van der Waals surface area contributed by atoms with Gasteiger partial charge >= 0.3 is 0 Å². The van der Waals surface area contributed by atoms with E-state index in [1.165, 1.54) is 5.56 Å². The molecule has 88 valence electrons. The Morgan fingerprint density at radius 2 is 1.65 bits per heavy atom.